The van der Waals surface area contributed by atoms with Crippen molar-refractivity contribution in [2.24, 2.45) is 7.05 Å². The van der Waals surface area contributed by atoms with Crippen LogP contribution in [0.1, 0.15) is 31.2 Å². The van der Waals surface area contributed by atoms with E-state index in [1.54, 1.807) is 12.0 Å². The maximum Gasteiger partial charge on any atom is 0.148 e. The summed E-state index contributed by atoms with van der Waals surface area (Å²) >= 11 is 0. The molecule has 1 aromatic heterocycles. The number of benzene rings is 2. The van der Waals surface area contributed by atoms with Crippen molar-refractivity contribution in [1.82, 2.24) is 9.55 Å². The van der Waals surface area contributed by atoms with Crippen LogP contribution in [-0.4, -0.2) is 34.1 Å². The Morgan fingerprint density at radius 1 is 1.14 bits per heavy atom. The quantitative estimate of drug-likeness (QED) is 0.704. The number of aliphatic hydroxyl groups excluding tert-OH is 1. The highest BCUT2D eigenvalue weighted by atomic mass is 16.5. The molecule has 2 N–H and O–H groups in total. The Morgan fingerprint density at radius 3 is 2.50 bits per heavy atom. The molecule has 0 bridgehead atoms. The predicted octanol–water partition coefficient (Wildman–Crippen LogP) is 4.47. The van der Waals surface area contributed by atoms with E-state index >= 15 is 0 Å². The maximum absolute atomic E-state index is 10.7. The molecule has 0 atom stereocenters. The van der Waals surface area contributed by atoms with E-state index < -0.39 is 0 Å². The Labute approximate surface area is 164 Å². The molecule has 0 spiro atoms. The summed E-state index contributed by atoms with van der Waals surface area (Å²) in [6.45, 7) is 4.57. The molecule has 1 aliphatic rings. The van der Waals surface area contributed by atoms with Crippen molar-refractivity contribution in [2.75, 3.05) is 18.6 Å². The van der Waals surface area contributed by atoms with Crippen molar-refractivity contribution in [3.63, 3.8) is 0 Å². The van der Waals surface area contributed by atoms with E-state index in [9.17, 15) is 5.11 Å². The van der Waals surface area contributed by atoms with E-state index in [-0.39, 0.29) is 18.1 Å². The zero-order valence-corrected chi connectivity index (χ0v) is 16.5. The number of aromatic nitrogens is 2. The number of ether oxygens (including phenoxy) is 1. The Bertz CT molecular complexity index is 1090. The predicted molar refractivity (Wildman–Crippen MR) is 112 cm³/mol. The highest BCUT2D eigenvalue weighted by Crippen LogP contribution is 2.33. The molecule has 1 aliphatic heterocycles. The SMILES string of the molecule is COc1ccc2c(c1)nc(C1=C(O)CN(c3ccc(C(C)C)cc3)C1=N)n2C. The minimum Gasteiger partial charge on any atom is -0.509 e. The van der Waals surface area contributed by atoms with Gasteiger partial charge in [-0.15, -0.1) is 0 Å². The fraction of sp³-hybridized carbons (Fsp3) is 0.273. The number of hydrogen-bond donors (Lipinski definition) is 2. The lowest BCUT2D eigenvalue weighted by Crippen LogP contribution is -2.26. The zero-order chi connectivity index (χ0) is 20.0. The normalized spacial score (nSPS) is 14.6. The van der Waals surface area contributed by atoms with Crippen molar-refractivity contribution in [3.05, 3.63) is 59.6 Å². The van der Waals surface area contributed by atoms with Gasteiger partial charge >= 0.3 is 0 Å². The third kappa shape index (κ3) is 2.81. The summed E-state index contributed by atoms with van der Waals surface area (Å²) in [6, 6.07) is 13.8. The molecule has 0 saturated heterocycles. The van der Waals surface area contributed by atoms with Crippen LogP contribution in [0.15, 0.2) is 48.2 Å². The molecular formula is C22H24N4O2. The number of hydrogen-bond acceptors (Lipinski definition) is 4. The van der Waals surface area contributed by atoms with Crippen molar-refractivity contribution in [2.45, 2.75) is 19.8 Å². The Morgan fingerprint density at radius 2 is 1.86 bits per heavy atom. The number of nitrogens with one attached hydrogen (secondary N) is 1. The topological polar surface area (TPSA) is 74.4 Å². The Kier molecular flexibility index (Phi) is 4.34. The van der Waals surface area contributed by atoms with Gasteiger partial charge in [0, 0.05) is 18.8 Å². The minimum absolute atomic E-state index is 0.156. The second kappa shape index (κ2) is 6.71. The van der Waals surface area contributed by atoms with Crippen LogP contribution in [0.4, 0.5) is 5.69 Å². The molecular weight excluding hydrogens is 352 g/mol. The van der Waals surface area contributed by atoms with Gasteiger partial charge in [-0.2, -0.15) is 0 Å². The summed E-state index contributed by atoms with van der Waals surface area (Å²) < 4.78 is 7.18. The molecule has 0 fully saturated rings. The van der Waals surface area contributed by atoms with Gasteiger partial charge in [-0.05, 0) is 35.7 Å². The molecule has 6 nitrogen and oxygen atoms in total. The van der Waals surface area contributed by atoms with Crippen LogP contribution >= 0.6 is 0 Å². The second-order valence-electron chi connectivity index (χ2n) is 7.35. The third-order valence-electron chi connectivity index (χ3n) is 5.29. The molecule has 2 aromatic carbocycles. The maximum atomic E-state index is 10.7. The molecule has 4 rings (SSSR count). The number of aliphatic hydroxyl groups is 1. The number of methoxy groups -OCH3 is 1. The van der Waals surface area contributed by atoms with Gasteiger partial charge in [0.15, 0.2) is 0 Å². The van der Waals surface area contributed by atoms with Crippen molar-refractivity contribution in [3.8, 4) is 5.75 Å². The van der Waals surface area contributed by atoms with E-state index in [4.69, 9.17) is 10.1 Å². The van der Waals surface area contributed by atoms with E-state index in [2.05, 4.69) is 31.0 Å². The molecule has 0 amide bonds. The van der Waals surface area contributed by atoms with Gasteiger partial charge in [-0.25, -0.2) is 4.98 Å². The first-order valence-electron chi connectivity index (χ1n) is 9.30. The van der Waals surface area contributed by atoms with E-state index in [0.717, 1.165) is 22.5 Å². The summed E-state index contributed by atoms with van der Waals surface area (Å²) in [4.78, 5) is 6.47. The first-order valence-corrected chi connectivity index (χ1v) is 9.30. The number of imidazole rings is 1. The molecule has 6 heteroatoms. The van der Waals surface area contributed by atoms with Gasteiger partial charge in [0.05, 0.1) is 30.3 Å². The fourth-order valence-corrected chi connectivity index (χ4v) is 3.60. The number of nitrogens with zero attached hydrogens (tertiary/aromatic N) is 3. The van der Waals surface area contributed by atoms with Crippen LogP contribution in [0.2, 0.25) is 0 Å². The molecule has 2 heterocycles. The van der Waals surface area contributed by atoms with Crippen LogP contribution in [-0.2, 0) is 7.05 Å². The van der Waals surface area contributed by atoms with Crippen molar-refractivity contribution in [1.29, 1.82) is 5.41 Å². The standard InChI is InChI=1S/C22H24N4O2/c1-13(2)14-5-7-15(8-6-14)26-12-19(27)20(21(26)23)22-24-17-11-16(28-4)9-10-18(17)25(22)3/h5-11,13,23,27H,12H2,1-4H3. The summed E-state index contributed by atoms with van der Waals surface area (Å²) in [5.41, 5.74) is 4.28. The van der Waals surface area contributed by atoms with E-state index in [1.165, 1.54) is 5.56 Å². The lowest BCUT2D eigenvalue weighted by molar-refractivity contribution is 0.411. The monoisotopic (exact) mass is 376 g/mol. The lowest BCUT2D eigenvalue weighted by Gasteiger charge is -2.19. The number of aryl methyl sites for hydroxylation is 1. The number of rotatable bonds is 4. The molecule has 0 saturated carbocycles. The number of amidine groups is 1. The van der Waals surface area contributed by atoms with Gasteiger partial charge in [0.1, 0.15) is 23.2 Å². The Balaban J connectivity index is 1.71. The Hall–Kier alpha value is -3.28. The van der Waals surface area contributed by atoms with Crippen LogP contribution in [0.25, 0.3) is 16.6 Å². The largest absolute Gasteiger partial charge is 0.509 e. The number of anilines is 1. The summed E-state index contributed by atoms with van der Waals surface area (Å²) in [7, 11) is 3.51. The van der Waals surface area contributed by atoms with Gasteiger partial charge in [-0.3, -0.25) is 5.41 Å². The summed E-state index contributed by atoms with van der Waals surface area (Å²) in [5, 5.41) is 19.3. The second-order valence-corrected chi connectivity index (χ2v) is 7.35. The van der Waals surface area contributed by atoms with Gasteiger partial charge < -0.3 is 19.3 Å². The molecule has 0 aliphatic carbocycles. The van der Waals surface area contributed by atoms with Crippen LogP contribution in [0.5, 0.6) is 5.75 Å². The van der Waals surface area contributed by atoms with Gasteiger partial charge in [-0.1, -0.05) is 26.0 Å². The minimum atomic E-state index is 0.156. The molecule has 144 valence electrons. The third-order valence-corrected chi connectivity index (χ3v) is 5.29. The molecule has 0 radical (unpaired) electrons. The van der Waals surface area contributed by atoms with Gasteiger partial charge in [0.25, 0.3) is 0 Å². The van der Waals surface area contributed by atoms with E-state index in [1.807, 2.05) is 41.9 Å². The average molecular weight is 376 g/mol. The van der Waals surface area contributed by atoms with Crippen LogP contribution < -0.4 is 9.64 Å². The smallest absolute Gasteiger partial charge is 0.148 e. The summed E-state index contributed by atoms with van der Waals surface area (Å²) in [6.07, 6.45) is 0. The first kappa shape index (κ1) is 18.1. The van der Waals surface area contributed by atoms with Gasteiger partial charge in [0.2, 0.25) is 0 Å². The summed E-state index contributed by atoms with van der Waals surface area (Å²) in [5.74, 6) is 2.16. The highest BCUT2D eigenvalue weighted by Gasteiger charge is 2.32. The first-order chi connectivity index (χ1) is 13.4. The average Bonchev–Trinajstić information content (AvgIpc) is 3.17. The lowest BCUT2D eigenvalue weighted by atomic mass is 10.0. The van der Waals surface area contributed by atoms with Crippen molar-refractivity contribution < 1.29 is 9.84 Å². The van der Waals surface area contributed by atoms with E-state index in [0.29, 0.717) is 17.3 Å². The van der Waals surface area contributed by atoms with Crippen LogP contribution in [0, 0.1) is 5.41 Å². The molecule has 3 aromatic rings. The molecule has 28 heavy (non-hydrogen) atoms. The zero-order valence-electron chi connectivity index (χ0n) is 16.5. The number of fused-ring (bicyclic) bond motifs is 1. The van der Waals surface area contributed by atoms with Crippen LogP contribution in [0.3, 0.4) is 0 Å². The molecule has 0 unspecified atom stereocenters. The highest BCUT2D eigenvalue weighted by molar-refractivity contribution is 6.30. The van der Waals surface area contributed by atoms with Crippen molar-refractivity contribution >= 4 is 28.1 Å². The fourth-order valence-electron chi connectivity index (χ4n) is 3.60.